The molecule has 0 aliphatic rings. The molecule has 0 amide bonds. The van der Waals surface area contributed by atoms with E-state index < -0.39 is 5.97 Å². The number of hydrogen-bond donors (Lipinski definition) is 1. The zero-order valence-corrected chi connectivity index (χ0v) is 5.01. The summed E-state index contributed by atoms with van der Waals surface area (Å²) in [5.74, 6) is 0.923. The van der Waals surface area contributed by atoms with Crippen molar-refractivity contribution in [3.05, 3.63) is 5.70 Å². The lowest BCUT2D eigenvalue weighted by atomic mass is 10.5. The highest BCUT2D eigenvalue weighted by molar-refractivity contribution is 5.66. The minimum atomic E-state index is -0.465. The van der Waals surface area contributed by atoms with Crippen LogP contribution < -0.4 is 5.73 Å². The van der Waals surface area contributed by atoms with Gasteiger partial charge in [0.15, 0.2) is 0 Å². The summed E-state index contributed by atoms with van der Waals surface area (Å²) in [6.07, 6.45) is 0. The van der Waals surface area contributed by atoms with Crippen molar-refractivity contribution < 1.29 is 14.3 Å². The Labute approximate surface area is 52.3 Å². The Balaban J connectivity index is 3.52. The van der Waals surface area contributed by atoms with Gasteiger partial charge in [-0.25, -0.2) is 4.79 Å². The lowest BCUT2D eigenvalue weighted by molar-refractivity contribution is -0.139. The molecule has 4 heteroatoms. The molecule has 0 saturated heterocycles. The third-order valence-electron chi connectivity index (χ3n) is 0.562. The molecular formula is C5H7NO3. The Kier molecular flexibility index (Phi) is 3.16. The number of carbonyl (C=O) groups excluding carboxylic acids is 2. The molecule has 0 aromatic rings. The highest BCUT2D eigenvalue weighted by Crippen LogP contribution is 1.79. The van der Waals surface area contributed by atoms with Crippen molar-refractivity contribution in [1.82, 2.24) is 0 Å². The highest BCUT2D eigenvalue weighted by Gasteiger charge is 1.93. The van der Waals surface area contributed by atoms with E-state index in [0.29, 0.717) is 0 Å². The first-order valence-corrected chi connectivity index (χ1v) is 2.29. The Hall–Kier alpha value is -1.28. The molecule has 0 atom stereocenters. The van der Waals surface area contributed by atoms with Crippen molar-refractivity contribution >= 4 is 11.9 Å². The summed E-state index contributed by atoms with van der Waals surface area (Å²) in [6.45, 7) is 1.07. The minimum Gasteiger partial charge on any atom is -0.459 e. The number of carbonyl (C=O) groups is 1. The largest absolute Gasteiger partial charge is 0.459 e. The van der Waals surface area contributed by atoms with Gasteiger partial charge in [-0.3, -0.25) is 4.79 Å². The molecule has 0 heterocycles. The number of hydrogen-bond acceptors (Lipinski definition) is 4. The molecule has 0 spiro atoms. The summed E-state index contributed by atoms with van der Waals surface area (Å²) < 4.78 is 4.33. The van der Waals surface area contributed by atoms with Gasteiger partial charge in [0.1, 0.15) is 18.2 Å². The lowest BCUT2D eigenvalue weighted by Crippen LogP contribution is -2.09. The summed E-state index contributed by atoms with van der Waals surface area (Å²) in [6, 6.07) is 0. The van der Waals surface area contributed by atoms with E-state index in [1.807, 2.05) is 0 Å². The van der Waals surface area contributed by atoms with Gasteiger partial charge in [0.25, 0.3) is 0 Å². The van der Waals surface area contributed by atoms with Crippen LogP contribution in [0.15, 0.2) is 5.70 Å². The molecule has 9 heavy (non-hydrogen) atoms. The third kappa shape index (κ3) is 4.58. The van der Waals surface area contributed by atoms with Crippen molar-refractivity contribution in [3.63, 3.8) is 0 Å². The first kappa shape index (κ1) is 7.72. The molecule has 4 nitrogen and oxygen atoms in total. The second kappa shape index (κ2) is 3.69. The van der Waals surface area contributed by atoms with Gasteiger partial charge in [0.05, 0.1) is 0 Å². The van der Waals surface area contributed by atoms with Gasteiger partial charge in [-0.15, -0.1) is 0 Å². The lowest BCUT2D eigenvalue weighted by Gasteiger charge is -1.95. The summed E-state index contributed by atoms with van der Waals surface area (Å²) >= 11 is 0. The van der Waals surface area contributed by atoms with E-state index in [4.69, 9.17) is 5.73 Å². The smallest absolute Gasteiger partial charge is 0.303 e. The normalized spacial score (nSPS) is 7.67. The maximum absolute atomic E-state index is 10.0. The second-order valence-corrected chi connectivity index (χ2v) is 1.41. The van der Waals surface area contributed by atoms with E-state index in [2.05, 4.69) is 4.74 Å². The number of esters is 1. The molecule has 0 aliphatic heterocycles. The molecule has 0 aromatic carbocycles. The molecule has 50 valence electrons. The van der Waals surface area contributed by atoms with Crippen LogP contribution in [-0.2, 0) is 14.3 Å². The van der Waals surface area contributed by atoms with E-state index >= 15 is 0 Å². The van der Waals surface area contributed by atoms with E-state index in [1.165, 1.54) is 12.9 Å². The number of ether oxygens (including phenoxy) is 1. The van der Waals surface area contributed by atoms with Crippen molar-refractivity contribution in [3.8, 4) is 0 Å². The van der Waals surface area contributed by atoms with Crippen LogP contribution in [0.3, 0.4) is 0 Å². The van der Waals surface area contributed by atoms with Crippen LogP contribution in [0, 0.1) is 0 Å². The van der Waals surface area contributed by atoms with Crippen LogP contribution >= 0.6 is 0 Å². The Morgan fingerprint density at radius 1 is 1.78 bits per heavy atom. The second-order valence-electron chi connectivity index (χ2n) is 1.41. The molecule has 2 N–H and O–H groups in total. The third-order valence-corrected chi connectivity index (χ3v) is 0.562. The molecule has 0 aliphatic carbocycles. The SMILES string of the molecule is CC(=O)OCC(N)=C=O. The fraction of sp³-hybridized carbons (Fsp3) is 0.400. The zero-order valence-electron chi connectivity index (χ0n) is 5.01. The van der Waals surface area contributed by atoms with Gasteiger partial charge in [0, 0.05) is 6.92 Å². The van der Waals surface area contributed by atoms with E-state index in [-0.39, 0.29) is 12.3 Å². The van der Waals surface area contributed by atoms with Crippen LogP contribution in [0.5, 0.6) is 0 Å². The molecular weight excluding hydrogens is 122 g/mol. The molecule has 0 saturated carbocycles. The quantitative estimate of drug-likeness (QED) is 0.392. The van der Waals surface area contributed by atoms with E-state index in [1.54, 1.807) is 0 Å². The standard InChI is InChI=1S/C5H7NO3/c1-4(8)9-3-5(6)2-7/h3,6H2,1H3. The zero-order chi connectivity index (χ0) is 7.28. The van der Waals surface area contributed by atoms with Crippen molar-refractivity contribution in [1.29, 1.82) is 0 Å². The molecule has 0 radical (unpaired) electrons. The molecule has 0 bridgehead atoms. The van der Waals surface area contributed by atoms with Crippen molar-refractivity contribution in [2.75, 3.05) is 6.61 Å². The topological polar surface area (TPSA) is 69.4 Å². The summed E-state index contributed by atoms with van der Waals surface area (Å²) in [5, 5.41) is 0. The summed E-state index contributed by atoms with van der Waals surface area (Å²) in [4.78, 5) is 19.7. The Morgan fingerprint density at radius 2 is 2.33 bits per heavy atom. The van der Waals surface area contributed by atoms with Gasteiger partial charge < -0.3 is 10.5 Å². The van der Waals surface area contributed by atoms with Gasteiger partial charge in [-0.05, 0) is 0 Å². The number of rotatable bonds is 2. The Bertz CT molecular complexity index is 158. The molecule has 0 unspecified atom stereocenters. The highest BCUT2D eigenvalue weighted by atomic mass is 16.5. The van der Waals surface area contributed by atoms with Crippen LogP contribution in [0.1, 0.15) is 6.92 Å². The van der Waals surface area contributed by atoms with E-state index in [9.17, 15) is 9.59 Å². The average Bonchev–Trinajstić information content (AvgIpc) is 1.83. The predicted octanol–water partition coefficient (Wildman–Crippen LogP) is -0.776. The monoisotopic (exact) mass is 129 g/mol. The van der Waals surface area contributed by atoms with Crippen LogP contribution in [0.2, 0.25) is 0 Å². The van der Waals surface area contributed by atoms with Crippen LogP contribution in [0.25, 0.3) is 0 Å². The van der Waals surface area contributed by atoms with Crippen LogP contribution in [0.4, 0.5) is 0 Å². The first-order valence-electron chi connectivity index (χ1n) is 2.29. The van der Waals surface area contributed by atoms with Gasteiger partial charge in [-0.1, -0.05) is 0 Å². The molecule has 0 fully saturated rings. The summed E-state index contributed by atoms with van der Waals surface area (Å²) in [7, 11) is 0. The molecule has 0 aromatic heterocycles. The summed E-state index contributed by atoms with van der Waals surface area (Å²) in [5.41, 5.74) is 4.83. The minimum absolute atomic E-state index is 0.106. The fourth-order valence-corrected chi connectivity index (χ4v) is 0.209. The maximum atomic E-state index is 10.0. The van der Waals surface area contributed by atoms with Gasteiger partial charge in [-0.2, -0.15) is 0 Å². The molecule has 0 rings (SSSR count). The predicted molar refractivity (Wildman–Crippen MR) is 30.0 cm³/mol. The first-order chi connectivity index (χ1) is 4.16. The van der Waals surface area contributed by atoms with Crippen molar-refractivity contribution in [2.45, 2.75) is 6.92 Å². The fourth-order valence-electron chi connectivity index (χ4n) is 0.209. The van der Waals surface area contributed by atoms with Gasteiger partial charge >= 0.3 is 5.97 Å². The number of nitrogens with two attached hydrogens (primary N) is 1. The van der Waals surface area contributed by atoms with E-state index in [0.717, 1.165) is 0 Å². The average molecular weight is 129 g/mol. The maximum Gasteiger partial charge on any atom is 0.303 e. The van der Waals surface area contributed by atoms with Crippen LogP contribution in [-0.4, -0.2) is 18.5 Å². The Morgan fingerprint density at radius 3 is 2.67 bits per heavy atom. The van der Waals surface area contributed by atoms with Gasteiger partial charge in [0.2, 0.25) is 0 Å². The van der Waals surface area contributed by atoms with Crippen molar-refractivity contribution in [2.24, 2.45) is 5.73 Å².